The van der Waals surface area contributed by atoms with E-state index in [1.54, 1.807) is 0 Å². The average molecular weight is 510 g/mol. The van der Waals surface area contributed by atoms with Crippen molar-refractivity contribution in [3.8, 4) is 0 Å². The SMILES string of the molecule is CCC1=C(C)c2cc3[nH]c(cc4nc(c(C)c5cc(C)c(cc1n2)[nH]5)[C@@H](CCC(N)=O)C4C)c(C)c3CC. The van der Waals surface area contributed by atoms with Crippen LogP contribution < -0.4 is 5.73 Å². The van der Waals surface area contributed by atoms with Gasteiger partial charge in [-0.1, -0.05) is 20.8 Å². The summed E-state index contributed by atoms with van der Waals surface area (Å²) in [5.41, 5.74) is 21.3. The maximum absolute atomic E-state index is 11.7. The highest BCUT2D eigenvalue weighted by atomic mass is 16.1. The van der Waals surface area contributed by atoms with Gasteiger partial charge in [0.25, 0.3) is 0 Å². The van der Waals surface area contributed by atoms with Gasteiger partial charge in [-0.3, -0.25) is 9.78 Å². The van der Waals surface area contributed by atoms with Crippen LogP contribution >= 0.6 is 0 Å². The van der Waals surface area contributed by atoms with E-state index in [1.165, 1.54) is 27.8 Å². The van der Waals surface area contributed by atoms with E-state index >= 15 is 0 Å². The minimum Gasteiger partial charge on any atom is -0.370 e. The monoisotopic (exact) mass is 509 g/mol. The molecule has 2 atom stereocenters. The summed E-state index contributed by atoms with van der Waals surface area (Å²) in [6, 6.07) is 8.79. The third kappa shape index (κ3) is 4.36. The molecule has 0 fully saturated rings. The molecule has 8 bridgehead atoms. The molecule has 0 radical (unpaired) electrons. The van der Waals surface area contributed by atoms with Crippen LogP contribution in [0.4, 0.5) is 0 Å². The zero-order valence-corrected chi connectivity index (χ0v) is 23.7. The normalized spacial score (nSPS) is 17.3. The Hall–Kier alpha value is -3.67. The molecule has 0 spiro atoms. The Kier molecular flexibility index (Phi) is 6.76. The number of carbonyl (C=O) groups excluding carboxylic acids is 1. The molecular weight excluding hydrogens is 470 g/mol. The number of amides is 1. The maximum atomic E-state index is 11.7. The molecule has 1 amide bonds. The lowest BCUT2D eigenvalue weighted by Gasteiger charge is -2.16. The van der Waals surface area contributed by atoms with E-state index in [-0.39, 0.29) is 17.7 Å². The summed E-state index contributed by atoms with van der Waals surface area (Å²) in [5.74, 6) is 0.0279. The van der Waals surface area contributed by atoms with Gasteiger partial charge in [0.2, 0.25) is 5.91 Å². The number of carbonyl (C=O) groups is 1. The molecule has 0 saturated heterocycles. The Balaban J connectivity index is 1.91. The summed E-state index contributed by atoms with van der Waals surface area (Å²) < 4.78 is 0. The standard InChI is InChI=1S/C32H39N5O/c1-8-21-18(5)27-15-30-22(9-2)17(4)26(35-30)14-28-19(6)23(10-11-31(33)38)32(37-28)20(7)25-12-16(3)24(34-25)13-29(21)36-27/h12-15,19,23,34-35H,8-11H2,1-7H3,(H2,33,38)/t19?,23-/m0/s1. The molecular formula is C32H39N5O. The Morgan fingerprint density at radius 2 is 1.55 bits per heavy atom. The number of aryl methyl sites for hydroxylation is 4. The first-order valence-corrected chi connectivity index (χ1v) is 13.8. The third-order valence-corrected chi connectivity index (χ3v) is 8.62. The number of nitrogens with zero attached hydrogens (tertiary/aromatic N) is 2. The van der Waals surface area contributed by atoms with Crippen molar-refractivity contribution in [3.63, 3.8) is 0 Å². The molecule has 3 aromatic heterocycles. The van der Waals surface area contributed by atoms with Crippen molar-refractivity contribution in [3.05, 3.63) is 69.3 Å². The fraction of sp³-hybridized carbons (Fsp3) is 0.406. The van der Waals surface area contributed by atoms with E-state index in [2.05, 4.69) is 82.7 Å². The minimum atomic E-state index is -0.269. The number of primary amides is 1. The lowest BCUT2D eigenvalue weighted by molar-refractivity contribution is -0.118. The molecule has 2 aliphatic heterocycles. The summed E-state index contributed by atoms with van der Waals surface area (Å²) in [6.07, 6.45) is 2.89. The van der Waals surface area contributed by atoms with E-state index in [4.69, 9.17) is 15.7 Å². The predicted octanol–water partition coefficient (Wildman–Crippen LogP) is 7.30. The molecule has 3 aromatic rings. The molecule has 0 saturated carbocycles. The van der Waals surface area contributed by atoms with Crippen LogP contribution in [-0.4, -0.2) is 25.8 Å². The number of nitrogens with one attached hydrogen (secondary N) is 2. The van der Waals surface area contributed by atoms with Gasteiger partial charge >= 0.3 is 0 Å². The van der Waals surface area contributed by atoms with Crippen LogP contribution in [0.3, 0.4) is 0 Å². The van der Waals surface area contributed by atoms with Crippen LogP contribution in [0.25, 0.3) is 33.2 Å². The smallest absolute Gasteiger partial charge is 0.217 e. The zero-order chi connectivity index (χ0) is 27.3. The van der Waals surface area contributed by atoms with Crippen LogP contribution in [0.15, 0.2) is 24.3 Å². The molecule has 0 aliphatic carbocycles. The number of aromatic nitrogens is 4. The van der Waals surface area contributed by atoms with Gasteiger partial charge in [-0.25, -0.2) is 4.98 Å². The lowest BCUT2D eigenvalue weighted by Crippen LogP contribution is -2.13. The number of H-pyrrole nitrogens is 2. The van der Waals surface area contributed by atoms with Gasteiger partial charge in [0.1, 0.15) is 0 Å². The number of hydrogen-bond donors (Lipinski definition) is 3. The molecule has 6 nitrogen and oxygen atoms in total. The molecule has 6 heteroatoms. The third-order valence-electron chi connectivity index (χ3n) is 8.62. The highest BCUT2D eigenvalue weighted by Gasteiger charge is 2.30. The molecule has 198 valence electrons. The van der Waals surface area contributed by atoms with Crippen molar-refractivity contribution < 1.29 is 4.79 Å². The summed E-state index contributed by atoms with van der Waals surface area (Å²) in [7, 11) is 0. The Morgan fingerprint density at radius 3 is 2.24 bits per heavy atom. The number of rotatable bonds is 5. The van der Waals surface area contributed by atoms with Crippen LogP contribution in [0.5, 0.6) is 0 Å². The topological polar surface area (TPSA) is 100 Å². The molecule has 0 aromatic carbocycles. The number of hydrogen-bond acceptors (Lipinski definition) is 3. The molecule has 5 heterocycles. The van der Waals surface area contributed by atoms with E-state index in [1.807, 2.05) is 0 Å². The second-order valence-electron chi connectivity index (χ2n) is 10.9. The highest BCUT2D eigenvalue weighted by molar-refractivity contribution is 5.92. The highest BCUT2D eigenvalue weighted by Crippen LogP contribution is 2.41. The maximum Gasteiger partial charge on any atom is 0.217 e. The van der Waals surface area contributed by atoms with E-state index in [0.717, 1.165) is 63.2 Å². The Bertz CT molecular complexity index is 1640. The van der Waals surface area contributed by atoms with Crippen molar-refractivity contribution in [1.82, 2.24) is 19.9 Å². The second-order valence-corrected chi connectivity index (χ2v) is 10.9. The summed E-state index contributed by atoms with van der Waals surface area (Å²) in [4.78, 5) is 29.4. The molecule has 2 aliphatic rings. The number of aromatic amines is 2. The Morgan fingerprint density at radius 1 is 0.868 bits per heavy atom. The van der Waals surface area contributed by atoms with Gasteiger partial charge in [-0.2, -0.15) is 0 Å². The average Bonchev–Trinajstić information content (AvgIpc) is 3.57. The van der Waals surface area contributed by atoms with Crippen molar-refractivity contribution in [1.29, 1.82) is 0 Å². The van der Waals surface area contributed by atoms with E-state index < -0.39 is 0 Å². The first-order chi connectivity index (χ1) is 18.1. The van der Waals surface area contributed by atoms with Gasteiger partial charge < -0.3 is 15.7 Å². The zero-order valence-electron chi connectivity index (χ0n) is 23.7. The minimum absolute atomic E-state index is 0.126. The largest absolute Gasteiger partial charge is 0.370 e. The van der Waals surface area contributed by atoms with Gasteiger partial charge in [-0.15, -0.1) is 0 Å². The lowest BCUT2D eigenvalue weighted by atomic mass is 9.86. The fourth-order valence-corrected chi connectivity index (χ4v) is 6.20. The molecule has 38 heavy (non-hydrogen) atoms. The van der Waals surface area contributed by atoms with Crippen molar-refractivity contribution in [2.75, 3.05) is 0 Å². The second kappa shape index (κ2) is 9.90. The summed E-state index contributed by atoms with van der Waals surface area (Å²) >= 11 is 0. The number of nitrogens with two attached hydrogens (primary N) is 1. The van der Waals surface area contributed by atoms with Crippen molar-refractivity contribution in [2.24, 2.45) is 5.73 Å². The van der Waals surface area contributed by atoms with Gasteiger partial charge in [0.15, 0.2) is 0 Å². The molecule has 4 N–H and O–H groups in total. The van der Waals surface area contributed by atoms with Crippen molar-refractivity contribution in [2.45, 2.75) is 86.0 Å². The van der Waals surface area contributed by atoms with Crippen LogP contribution in [0.1, 0.15) is 104 Å². The van der Waals surface area contributed by atoms with E-state index in [9.17, 15) is 4.79 Å². The number of fused-ring (bicyclic) bond motifs is 8. The van der Waals surface area contributed by atoms with Crippen LogP contribution in [0.2, 0.25) is 0 Å². The van der Waals surface area contributed by atoms with Crippen LogP contribution in [-0.2, 0) is 11.2 Å². The number of allylic oxidation sites excluding steroid dienone is 2. The van der Waals surface area contributed by atoms with Gasteiger partial charge in [0.05, 0.1) is 11.4 Å². The predicted molar refractivity (Wildman–Crippen MR) is 157 cm³/mol. The van der Waals surface area contributed by atoms with E-state index in [0.29, 0.717) is 12.8 Å². The summed E-state index contributed by atoms with van der Waals surface area (Å²) in [5, 5.41) is 0. The van der Waals surface area contributed by atoms with Crippen molar-refractivity contribution >= 4 is 39.1 Å². The quantitative estimate of drug-likeness (QED) is 0.336. The van der Waals surface area contributed by atoms with Gasteiger partial charge in [-0.05, 0) is 105 Å². The summed E-state index contributed by atoms with van der Waals surface area (Å²) in [6.45, 7) is 15.2. The molecule has 1 unspecified atom stereocenters. The molecule has 5 rings (SSSR count). The first-order valence-electron chi connectivity index (χ1n) is 13.8. The van der Waals surface area contributed by atoms with Gasteiger partial charge in [0, 0.05) is 51.7 Å². The Labute approximate surface area is 224 Å². The first kappa shape index (κ1) is 26.0. The van der Waals surface area contributed by atoms with Crippen LogP contribution in [0, 0.1) is 20.8 Å². The fourth-order valence-electron chi connectivity index (χ4n) is 6.20.